The maximum atomic E-state index is 12.0. The van der Waals surface area contributed by atoms with Gasteiger partial charge in [0, 0.05) is 25.4 Å². The molecule has 0 spiro atoms. The zero-order valence-corrected chi connectivity index (χ0v) is 12.9. The van der Waals surface area contributed by atoms with E-state index >= 15 is 0 Å². The largest absolute Gasteiger partial charge is 0.481 e. The quantitative estimate of drug-likeness (QED) is 0.657. The van der Waals surface area contributed by atoms with Gasteiger partial charge in [-0.1, -0.05) is 20.3 Å². The van der Waals surface area contributed by atoms with Crippen LogP contribution in [-0.4, -0.2) is 36.0 Å². The Labute approximate surface area is 125 Å². The monoisotopic (exact) mass is 298 g/mol. The highest BCUT2D eigenvalue weighted by atomic mass is 16.4. The highest BCUT2D eigenvalue weighted by Crippen LogP contribution is 2.29. The van der Waals surface area contributed by atoms with Crippen LogP contribution in [0.2, 0.25) is 0 Å². The van der Waals surface area contributed by atoms with Crippen molar-refractivity contribution in [3.05, 3.63) is 0 Å². The number of carboxylic acid groups (broad SMARTS) is 1. The zero-order chi connectivity index (χ0) is 15.8. The highest BCUT2D eigenvalue weighted by Gasteiger charge is 2.30. The molecular weight excluding hydrogens is 272 g/mol. The van der Waals surface area contributed by atoms with E-state index in [4.69, 9.17) is 5.11 Å². The molecule has 1 rings (SSSR count). The lowest BCUT2D eigenvalue weighted by Crippen LogP contribution is -2.37. The third-order valence-electron chi connectivity index (χ3n) is 3.75. The minimum absolute atomic E-state index is 0.0731. The third-order valence-corrected chi connectivity index (χ3v) is 3.75. The summed E-state index contributed by atoms with van der Waals surface area (Å²) in [5.41, 5.74) is 0. The summed E-state index contributed by atoms with van der Waals surface area (Å²) in [6, 6.07) is 0. The van der Waals surface area contributed by atoms with Crippen molar-refractivity contribution in [1.29, 1.82) is 0 Å². The Morgan fingerprint density at radius 2 is 1.81 bits per heavy atom. The van der Waals surface area contributed by atoms with Crippen molar-refractivity contribution in [3.8, 4) is 0 Å². The first kappa shape index (κ1) is 17.5. The number of aliphatic carboxylic acids is 1. The molecule has 0 bridgehead atoms. The van der Waals surface area contributed by atoms with Crippen LogP contribution in [0.5, 0.6) is 0 Å². The number of carbonyl (C=O) groups excluding carboxylic acids is 2. The molecule has 6 heteroatoms. The fourth-order valence-electron chi connectivity index (χ4n) is 2.50. The Morgan fingerprint density at radius 3 is 2.43 bits per heavy atom. The third kappa shape index (κ3) is 6.60. The number of rotatable bonds is 7. The van der Waals surface area contributed by atoms with Crippen LogP contribution in [0.25, 0.3) is 0 Å². The van der Waals surface area contributed by atoms with Crippen LogP contribution in [-0.2, 0) is 14.4 Å². The van der Waals surface area contributed by atoms with E-state index in [0.29, 0.717) is 31.8 Å². The molecule has 1 fully saturated rings. The van der Waals surface area contributed by atoms with Gasteiger partial charge in [-0.15, -0.1) is 0 Å². The first-order valence-corrected chi connectivity index (χ1v) is 7.67. The molecule has 0 aromatic carbocycles. The van der Waals surface area contributed by atoms with Gasteiger partial charge in [-0.3, -0.25) is 14.4 Å². The number of carboxylic acids is 1. The molecule has 2 unspecified atom stereocenters. The summed E-state index contributed by atoms with van der Waals surface area (Å²) < 4.78 is 0. The van der Waals surface area contributed by atoms with Crippen molar-refractivity contribution >= 4 is 17.8 Å². The minimum atomic E-state index is -0.819. The smallest absolute Gasteiger partial charge is 0.306 e. The molecule has 0 saturated heterocycles. The minimum Gasteiger partial charge on any atom is -0.481 e. The molecule has 0 aromatic heterocycles. The van der Waals surface area contributed by atoms with Crippen molar-refractivity contribution in [1.82, 2.24) is 10.6 Å². The van der Waals surface area contributed by atoms with Gasteiger partial charge in [0.1, 0.15) is 0 Å². The second-order valence-corrected chi connectivity index (χ2v) is 6.14. The average Bonchev–Trinajstić information content (AvgIpc) is 2.45. The van der Waals surface area contributed by atoms with Gasteiger partial charge in [0.15, 0.2) is 0 Å². The van der Waals surface area contributed by atoms with Gasteiger partial charge >= 0.3 is 5.97 Å². The first-order chi connectivity index (χ1) is 9.90. The summed E-state index contributed by atoms with van der Waals surface area (Å²) in [5.74, 6) is -1.27. The molecule has 21 heavy (non-hydrogen) atoms. The summed E-state index contributed by atoms with van der Waals surface area (Å²) in [7, 11) is 0. The molecule has 1 aliphatic carbocycles. The molecule has 0 aromatic rings. The number of hydrogen-bond acceptors (Lipinski definition) is 3. The Balaban J connectivity index is 2.24. The van der Waals surface area contributed by atoms with Crippen molar-refractivity contribution in [2.75, 3.05) is 13.1 Å². The van der Waals surface area contributed by atoms with Crippen LogP contribution < -0.4 is 10.6 Å². The Hall–Kier alpha value is -1.59. The zero-order valence-electron chi connectivity index (χ0n) is 12.9. The lowest BCUT2D eigenvalue weighted by Gasteiger charge is -2.25. The maximum Gasteiger partial charge on any atom is 0.306 e. The summed E-state index contributed by atoms with van der Waals surface area (Å²) in [6.45, 7) is 4.97. The van der Waals surface area contributed by atoms with Crippen molar-refractivity contribution < 1.29 is 19.5 Å². The van der Waals surface area contributed by atoms with Crippen molar-refractivity contribution in [2.24, 2.45) is 17.8 Å². The molecule has 120 valence electrons. The van der Waals surface area contributed by atoms with Gasteiger partial charge in [-0.2, -0.15) is 0 Å². The molecule has 2 amide bonds. The standard InChI is InChI=1S/C15H26N2O4/c1-10(2)9-17-13(18)6-7-16-14(19)11-4-3-5-12(8-11)15(20)21/h10-12H,3-9H2,1-2H3,(H,16,19)(H,17,18)(H,20,21). The van der Waals surface area contributed by atoms with E-state index in [-0.39, 0.29) is 24.2 Å². The van der Waals surface area contributed by atoms with Crippen molar-refractivity contribution in [2.45, 2.75) is 46.0 Å². The number of nitrogens with one attached hydrogen (secondary N) is 2. The van der Waals surface area contributed by atoms with Crippen LogP contribution in [0.3, 0.4) is 0 Å². The highest BCUT2D eigenvalue weighted by molar-refractivity contribution is 5.81. The van der Waals surface area contributed by atoms with Gasteiger partial charge in [-0.05, 0) is 25.2 Å². The topological polar surface area (TPSA) is 95.5 Å². The summed E-state index contributed by atoms with van der Waals surface area (Å²) in [6.07, 6.45) is 2.81. The molecule has 0 aliphatic heterocycles. The fraction of sp³-hybridized carbons (Fsp3) is 0.800. The van der Waals surface area contributed by atoms with E-state index in [9.17, 15) is 14.4 Å². The Kier molecular flexibility index (Phi) is 7.19. The van der Waals surface area contributed by atoms with E-state index < -0.39 is 11.9 Å². The molecule has 6 nitrogen and oxygen atoms in total. The van der Waals surface area contributed by atoms with Crippen LogP contribution >= 0.6 is 0 Å². The van der Waals surface area contributed by atoms with Gasteiger partial charge < -0.3 is 15.7 Å². The van der Waals surface area contributed by atoms with E-state index in [1.807, 2.05) is 13.8 Å². The molecular formula is C15H26N2O4. The average molecular weight is 298 g/mol. The van der Waals surface area contributed by atoms with Gasteiger partial charge in [-0.25, -0.2) is 0 Å². The molecule has 0 heterocycles. The normalized spacial score (nSPS) is 21.9. The summed E-state index contributed by atoms with van der Waals surface area (Å²) in [5, 5.41) is 14.5. The van der Waals surface area contributed by atoms with Crippen LogP contribution in [0.1, 0.15) is 46.0 Å². The van der Waals surface area contributed by atoms with Gasteiger partial charge in [0.25, 0.3) is 0 Å². The predicted molar refractivity (Wildman–Crippen MR) is 78.6 cm³/mol. The van der Waals surface area contributed by atoms with Crippen LogP contribution in [0, 0.1) is 17.8 Å². The predicted octanol–water partition coefficient (Wildman–Crippen LogP) is 1.16. The second-order valence-electron chi connectivity index (χ2n) is 6.14. The number of hydrogen-bond donors (Lipinski definition) is 3. The van der Waals surface area contributed by atoms with Gasteiger partial charge in [0.05, 0.1) is 5.92 Å². The second kappa shape index (κ2) is 8.64. The SMILES string of the molecule is CC(C)CNC(=O)CCNC(=O)C1CCCC(C(=O)O)C1. The van der Waals surface area contributed by atoms with Crippen LogP contribution in [0.15, 0.2) is 0 Å². The van der Waals surface area contributed by atoms with E-state index in [0.717, 1.165) is 12.8 Å². The molecule has 2 atom stereocenters. The Bertz CT molecular complexity index is 382. The molecule has 3 N–H and O–H groups in total. The van der Waals surface area contributed by atoms with E-state index in [1.54, 1.807) is 0 Å². The Morgan fingerprint density at radius 1 is 1.14 bits per heavy atom. The summed E-state index contributed by atoms with van der Waals surface area (Å²) >= 11 is 0. The molecule has 1 saturated carbocycles. The van der Waals surface area contributed by atoms with E-state index in [1.165, 1.54) is 0 Å². The first-order valence-electron chi connectivity index (χ1n) is 7.67. The lowest BCUT2D eigenvalue weighted by molar-refractivity contribution is -0.144. The molecule has 1 aliphatic rings. The number of amides is 2. The summed E-state index contributed by atoms with van der Waals surface area (Å²) in [4.78, 5) is 34.5. The maximum absolute atomic E-state index is 12.0. The molecule has 0 radical (unpaired) electrons. The lowest BCUT2D eigenvalue weighted by atomic mass is 9.81. The fourth-order valence-corrected chi connectivity index (χ4v) is 2.50. The van der Waals surface area contributed by atoms with Crippen molar-refractivity contribution in [3.63, 3.8) is 0 Å². The van der Waals surface area contributed by atoms with Crippen LogP contribution in [0.4, 0.5) is 0 Å². The number of carbonyl (C=O) groups is 3. The van der Waals surface area contributed by atoms with E-state index in [2.05, 4.69) is 10.6 Å². The van der Waals surface area contributed by atoms with Gasteiger partial charge in [0.2, 0.25) is 11.8 Å².